The molecule has 97 heavy (non-hydrogen) atoms. The Bertz CT molecular complexity index is 3130. The van der Waals surface area contributed by atoms with Gasteiger partial charge >= 0.3 is 5.97 Å². The summed E-state index contributed by atoms with van der Waals surface area (Å²) in [6, 6.07) is 1.46. The molecule has 0 saturated carbocycles. The van der Waals surface area contributed by atoms with E-state index < -0.39 is 161 Å². The Morgan fingerprint density at radius 1 is 0.464 bits per heavy atom. The van der Waals surface area contributed by atoms with Crippen LogP contribution in [0.15, 0.2) is 65.8 Å². The Hall–Kier alpha value is -8.70. The number of para-hydroxylation sites is 1. The van der Waals surface area contributed by atoms with Crippen LogP contribution in [0.5, 0.6) is 0 Å². The van der Waals surface area contributed by atoms with Crippen molar-refractivity contribution in [3.8, 4) is 0 Å². The standard InChI is InChI=1S/C68H109N15O14/c1-15-39(12)54(64(93)83-56(41(14)85)65(94)80-53(38(10)11)63(92)77-48(28-34(2)3)58(87)74-47(67(96)97)26-21-27-72-68(70)71)81-66(95)55(40(13)84)82-60(89)50(30-36(6)7)76-59(88)49(29-35(4)5)78-62(91)52(37(8)9)79-61(90)51(31-42-22-17-16-18-23-42)75-57(86)45(69)32-43-33-73-46-25-20-19-24-44(43)46/h16-20,22-25,33-41,45,47-56,73,84-85H,15,21,26-32,69H2,1-14H3,(H,74,87)(H,75,86)(H,76,88)(H,77,92)(H,78,91)(H,79,90)(H,80,94)(H,81,95)(H,82,89)(H,83,93)(H,96,97)(H4,70,71,72)/t39-,40+,41+,45-,47-,48-,49-,50-,51-,52-,53-,54-,55-,56-/m0/s1. The molecule has 3 rings (SSSR count). The van der Waals surface area contributed by atoms with Crippen LogP contribution in [0.2, 0.25) is 0 Å². The third-order valence-corrected chi connectivity index (χ3v) is 16.4. The number of benzene rings is 2. The van der Waals surface area contributed by atoms with Crippen LogP contribution >= 0.6 is 0 Å². The van der Waals surface area contributed by atoms with E-state index in [0.717, 1.165) is 16.5 Å². The van der Waals surface area contributed by atoms with Gasteiger partial charge in [0.25, 0.3) is 0 Å². The summed E-state index contributed by atoms with van der Waals surface area (Å²) < 4.78 is 0. The quantitative estimate of drug-likeness (QED) is 0.0209. The number of aliphatic imine (C=N–C) groups is 1. The summed E-state index contributed by atoms with van der Waals surface area (Å²) in [5.41, 5.74) is 19.6. The van der Waals surface area contributed by atoms with Crippen molar-refractivity contribution >= 4 is 81.9 Å². The predicted octanol–water partition coefficient (Wildman–Crippen LogP) is 0.525. The second-order valence-corrected chi connectivity index (χ2v) is 27.1. The molecule has 1 heterocycles. The largest absolute Gasteiger partial charge is 0.480 e. The summed E-state index contributed by atoms with van der Waals surface area (Å²) in [6.45, 7) is 23.2. The van der Waals surface area contributed by atoms with Gasteiger partial charge in [-0.2, -0.15) is 0 Å². The molecule has 20 N–H and O–H groups in total. The number of hydrogen-bond donors (Lipinski definition) is 17. The van der Waals surface area contributed by atoms with E-state index in [2.05, 4.69) is 63.1 Å². The number of aliphatic hydroxyl groups is 2. The lowest BCUT2D eigenvalue weighted by atomic mass is 9.96. The summed E-state index contributed by atoms with van der Waals surface area (Å²) >= 11 is 0. The highest BCUT2D eigenvalue weighted by Crippen LogP contribution is 2.20. The van der Waals surface area contributed by atoms with Crippen LogP contribution in [0.1, 0.15) is 147 Å². The molecule has 0 spiro atoms. The van der Waals surface area contributed by atoms with Crippen LogP contribution < -0.4 is 70.4 Å². The van der Waals surface area contributed by atoms with E-state index in [0.29, 0.717) is 5.56 Å². The third-order valence-electron chi connectivity index (χ3n) is 16.4. The van der Waals surface area contributed by atoms with E-state index in [1.54, 1.807) is 106 Å². The lowest BCUT2D eigenvalue weighted by molar-refractivity contribution is -0.142. The zero-order valence-corrected chi connectivity index (χ0v) is 58.6. The van der Waals surface area contributed by atoms with Crippen molar-refractivity contribution in [2.24, 2.45) is 57.7 Å². The fourth-order valence-corrected chi connectivity index (χ4v) is 10.7. The van der Waals surface area contributed by atoms with Crippen molar-refractivity contribution < 1.29 is 68.1 Å². The van der Waals surface area contributed by atoms with Gasteiger partial charge in [0.1, 0.15) is 60.4 Å². The normalized spacial score (nSPS) is 15.9. The fourth-order valence-electron chi connectivity index (χ4n) is 10.7. The molecule has 0 unspecified atom stereocenters. The van der Waals surface area contributed by atoms with Gasteiger partial charge in [0.2, 0.25) is 59.1 Å². The molecule has 0 aliphatic rings. The van der Waals surface area contributed by atoms with Crippen LogP contribution in [0, 0.1) is 35.5 Å². The highest BCUT2D eigenvalue weighted by Gasteiger charge is 2.40. The van der Waals surface area contributed by atoms with Gasteiger partial charge in [0.15, 0.2) is 5.96 Å². The first-order chi connectivity index (χ1) is 45.4. The smallest absolute Gasteiger partial charge is 0.326 e. The molecule has 540 valence electrons. The Balaban J connectivity index is 1.82. The van der Waals surface area contributed by atoms with E-state index in [-0.39, 0.29) is 81.6 Å². The third kappa shape index (κ3) is 27.4. The zero-order valence-electron chi connectivity index (χ0n) is 58.6. The second kappa shape index (κ2) is 40.1. The molecule has 0 fully saturated rings. The number of carboxylic acids is 1. The number of fused-ring (bicyclic) bond motifs is 1. The molecule has 0 aliphatic heterocycles. The molecule has 0 saturated heterocycles. The number of aromatic nitrogens is 1. The van der Waals surface area contributed by atoms with Gasteiger partial charge in [-0.1, -0.05) is 138 Å². The van der Waals surface area contributed by atoms with E-state index in [1.165, 1.54) is 13.8 Å². The maximum Gasteiger partial charge on any atom is 0.326 e. The Kier molecular flexibility index (Phi) is 34.1. The van der Waals surface area contributed by atoms with Gasteiger partial charge in [-0.25, -0.2) is 4.79 Å². The Morgan fingerprint density at radius 2 is 0.845 bits per heavy atom. The maximum atomic E-state index is 14.5. The maximum absolute atomic E-state index is 14.5. The summed E-state index contributed by atoms with van der Waals surface area (Å²) in [6.07, 6.45) is -0.655. The number of nitrogens with two attached hydrogens (primary N) is 3. The van der Waals surface area contributed by atoms with Crippen molar-refractivity contribution in [1.82, 2.24) is 58.2 Å². The molecule has 14 atom stereocenters. The van der Waals surface area contributed by atoms with Gasteiger partial charge in [-0.05, 0) is 105 Å². The molecule has 0 aliphatic carbocycles. The van der Waals surface area contributed by atoms with Crippen LogP contribution in [-0.2, 0) is 65.6 Å². The number of aromatic amines is 1. The van der Waals surface area contributed by atoms with Crippen LogP contribution in [-0.4, -0.2) is 177 Å². The van der Waals surface area contributed by atoms with Crippen molar-refractivity contribution in [1.29, 1.82) is 0 Å². The minimum absolute atomic E-state index is 0.00342. The minimum atomic E-state index is -1.75. The predicted molar refractivity (Wildman–Crippen MR) is 368 cm³/mol. The number of H-pyrrole nitrogens is 1. The van der Waals surface area contributed by atoms with Crippen LogP contribution in [0.4, 0.5) is 0 Å². The molecule has 29 heteroatoms. The highest BCUT2D eigenvalue weighted by atomic mass is 16.4. The second-order valence-electron chi connectivity index (χ2n) is 27.1. The van der Waals surface area contributed by atoms with Gasteiger partial charge in [-0.3, -0.25) is 52.9 Å². The number of amides is 10. The Labute approximate surface area is 569 Å². The molecule has 10 amide bonds. The van der Waals surface area contributed by atoms with Gasteiger partial charge in [-0.15, -0.1) is 0 Å². The van der Waals surface area contributed by atoms with Gasteiger partial charge in [0.05, 0.1) is 18.2 Å². The van der Waals surface area contributed by atoms with Gasteiger partial charge in [0, 0.05) is 30.1 Å². The number of aliphatic carboxylic acids is 1. The SMILES string of the molecule is CC[C@H](C)[C@H](NC(=O)[C@@H](NC(=O)[C@H](CC(C)C)NC(=O)[C@H](CC(C)C)NC(=O)[C@@H](NC(=O)[C@H](Cc1ccccc1)NC(=O)[C@@H](N)Cc1c[nH]c2ccccc12)C(C)C)[C@@H](C)O)C(=O)N[C@H](C(=O)N[C@H](C(=O)N[C@@H](CC(C)C)C(=O)N[C@@H](CCCN=C(N)N)C(=O)O)C(C)C)[C@@H](C)O. The number of nitrogens with one attached hydrogen (secondary N) is 11. The van der Waals surface area contributed by atoms with E-state index in [4.69, 9.17) is 17.2 Å². The van der Waals surface area contributed by atoms with Crippen molar-refractivity contribution in [3.05, 3.63) is 71.9 Å². The number of carbonyl (C=O) groups excluding carboxylic acids is 10. The van der Waals surface area contributed by atoms with Crippen molar-refractivity contribution in [2.45, 2.75) is 227 Å². The van der Waals surface area contributed by atoms with Crippen LogP contribution in [0.25, 0.3) is 10.9 Å². The molecule has 0 bridgehead atoms. The first kappa shape index (κ1) is 82.5. The summed E-state index contributed by atoms with van der Waals surface area (Å²) in [4.78, 5) is 161. The first-order valence-electron chi connectivity index (χ1n) is 33.5. The fraction of sp³-hybridized carbons (Fsp3) is 0.618. The topological polar surface area (TPSA) is 475 Å². The van der Waals surface area contributed by atoms with Gasteiger partial charge < -0.3 is 90.7 Å². The van der Waals surface area contributed by atoms with E-state index in [9.17, 15) is 68.1 Å². The van der Waals surface area contributed by atoms with E-state index >= 15 is 0 Å². The van der Waals surface area contributed by atoms with Crippen molar-refractivity contribution in [3.63, 3.8) is 0 Å². The van der Waals surface area contributed by atoms with E-state index in [1.807, 2.05) is 38.1 Å². The summed E-state index contributed by atoms with van der Waals surface area (Å²) in [5, 5.41) is 59.1. The molecule has 1 aromatic heterocycles. The number of carbonyl (C=O) groups is 11. The number of rotatable bonds is 41. The Morgan fingerprint density at radius 3 is 1.30 bits per heavy atom. The first-order valence-corrected chi connectivity index (χ1v) is 33.5. The summed E-state index contributed by atoms with van der Waals surface area (Å²) in [7, 11) is 0. The molecule has 2 aromatic carbocycles. The molecule has 0 radical (unpaired) electrons. The average molecular weight is 1360 g/mol. The number of carboxylic acid groups (broad SMARTS) is 1. The zero-order chi connectivity index (χ0) is 73.1. The molecular formula is C68H109N15O14. The lowest BCUT2D eigenvalue weighted by Gasteiger charge is -2.32. The number of aliphatic hydroxyl groups excluding tert-OH is 2. The number of guanidine groups is 1. The molecule has 29 nitrogen and oxygen atoms in total. The molecular weight excluding hydrogens is 1250 g/mol. The summed E-state index contributed by atoms with van der Waals surface area (Å²) in [5.74, 6) is -12.4. The highest BCUT2D eigenvalue weighted by molar-refractivity contribution is 5.99. The minimum Gasteiger partial charge on any atom is -0.480 e. The average Bonchev–Trinajstić information content (AvgIpc) is 1.47. The van der Waals surface area contributed by atoms with Crippen LogP contribution in [0.3, 0.4) is 0 Å². The van der Waals surface area contributed by atoms with Crippen molar-refractivity contribution in [2.75, 3.05) is 6.54 Å². The molecule has 3 aromatic rings. The number of hydrogen-bond acceptors (Lipinski definition) is 15. The lowest BCUT2D eigenvalue weighted by Crippen LogP contribution is -2.64. The monoisotopic (exact) mass is 1360 g/mol. The number of nitrogens with zero attached hydrogens (tertiary/aromatic N) is 1.